The third-order valence-electron chi connectivity index (χ3n) is 5.26. The molecule has 32 heavy (non-hydrogen) atoms. The van der Waals surface area contributed by atoms with Crippen LogP contribution in [0.3, 0.4) is 0 Å². The van der Waals surface area contributed by atoms with E-state index in [2.05, 4.69) is 19.7 Å². The van der Waals surface area contributed by atoms with Gasteiger partial charge in [-0.05, 0) is 44.2 Å². The van der Waals surface area contributed by atoms with E-state index in [1.165, 1.54) is 11.8 Å². The minimum Gasteiger partial charge on any atom is -0.467 e. The topological polar surface area (TPSA) is 88.0 Å². The van der Waals surface area contributed by atoms with E-state index < -0.39 is 0 Å². The number of pyridine rings is 1. The maximum absolute atomic E-state index is 13.0. The van der Waals surface area contributed by atoms with Gasteiger partial charge in [-0.2, -0.15) is 0 Å². The van der Waals surface area contributed by atoms with Gasteiger partial charge < -0.3 is 13.7 Å². The Balaban J connectivity index is 1.56. The predicted molar refractivity (Wildman–Crippen MR) is 122 cm³/mol. The van der Waals surface area contributed by atoms with Crippen LogP contribution >= 0.6 is 11.8 Å². The van der Waals surface area contributed by atoms with Crippen molar-refractivity contribution in [3.8, 4) is 11.4 Å². The summed E-state index contributed by atoms with van der Waals surface area (Å²) < 4.78 is 14.8. The van der Waals surface area contributed by atoms with Gasteiger partial charge in [0, 0.05) is 48.6 Å². The molecule has 8 nitrogen and oxygen atoms in total. The van der Waals surface area contributed by atoms with Crippen LogP contribution in [-0.2, 0) is 17.8 Å². The fourth-order valence-electron chi connectivity index (χ4n) is 3.62. The molecule has 0 radical (unpaired) electrons. The molecule has 166 valence electrons. The van der Waals surface area contributed by atoms with E-state index in [4.69, 9.17) is 9.15 Å². The van der Waals surface area contributed by atoms with Crippen molar-refractivity contribution in [2.24, 2.45) is 0 Å². The van der Waals surface area contributed by atoms with Crippen LogP contribution in [0.25, 0.3) is 11.4 Å². The van der Waals surface area contributed by atoms with Crippen LogP contribution in [0.1, 0.15) is 27.5 Å². The fraction of sp³-hybridized carbons (Fsp3) is 0.304. The first-order valence-corrected chi connectivity index (χ1v) is 11.2. The molecule has 4 aromatic rings. The Kier molecular flexibility index (Phi) is 6.87. The number of hydrogen-bond donors (Lipinski definition) is 0. The first-order chi connectivity index (χ1) is 15.6. The van der Waals surface area contributed by atoms with Crippen LogP contribution < -0.4 is 0 Å². The molecule has 0 aliphatic heterocycles. The Labute approximate surface area is 190 Å². The number of rotatable bonds is 10. The van der Waals surface area contributed by atoms with Crippen LogP contribution in [-0.4, -0.2) is 49.6 Å². The minimum atomic E-state index is 0.0576. The van der Waals surface area contributed by atoms with E-state index in [-0.39, 0.29) is 11.5 Å². The van der Waals surface area contributed by atoms with Crippen molar-refractivity contribution in [1.29, 1.82) is 0 Å². The zero-order valence-corrected chi connectivity index (χ0v) is 19.1. The molecule has 0 aliphatic carbocycles. The average Bonchev–Trinajstić information content (AvgIpc) is 3.52. The van der Waals surface area contributed by atoms with E-state index in [0.717, 1.165) is 34.8 Å². The van der Waals surface area contributed by atoms with Crippen molar-refractivity contribution in [2.75, 3.05) is 19.5 Å². The average molecular weight is 452 g/mol. The molecular formula is C23H25N5O3S. The van der Waals surface area contributed by atoms with Crippen molar-refractivity contribution in [3.63, 3.8) is 0 Å². The Morgan fingerprint density at radius 2 is 2.06 bits per heavy atom. The van der Waals surface area contributed by atoms with Gasteiger partial charge in [-0.15, -0.1) is 10.2 Å². The quantitative estimate of drug-likeness (QED) is 0.266. The van der Waals surface area contributed by atoms with Crippen LogP contribution in [0, 0.1) is 13.8 Å². The molecule has 0 bridgehead atoms. The monoisotopic (exact) mass is 451 g/mol. The number of carbonyl (C=O) groups is 1. The summed E-state index contributed by atoms with van der Waals surface area (Å²) in [5.74, 6) is 1.78. The molecule has 0 fully saturated rings. The lowest BCUT2D eigenvalue weighted by atomic mass is 10.2. The molecule has 0 amide bonds. The highest BCUT2D eigenvalue weighted by molar-refractivity contribution is 7.99. The van der Waals surface area contributed by atoms with Crippen molar-refractivity contribution < 1.29 is 13.9 Å². The number of furan rings is 1. The maximum Gasteiger partial charge on any atom is 0.192 e. The summed E-state index contributed by atoms with van der Waals surface area (Å²) in [6, 6.07) is 9.49. The number of ether oxygens (including phenoxy) is 1. The molecular weight excluding hydrogens is 426 g/mol. The Morgan fingerprint density at radius 1 is 1.19 bits per heavy atom. The minimum absolute atomic E-state index is 0.0576. The van der Waals surface area contributed by atoms with E-state index in [1.807, 2.05) is 48.7 Å². The van der Waals surface area contributed by atoms with Crippen molar-refractivity contribution in [1.82, 2.24) is 24.3 Å². The summed E-state index contributed by atoms with van der Waals surface area (Å²) in [5.41, 5.74) is 3.59. The molecule has 0 atom stereocenters. The maximum atomic E-state index is 13.0. The summed E-state index contributed by atoms with van der Waals surface area (Å²) in [5, 5.41) is 9.38. The molecule has 0 aromatic carbocycles. The standard InChI is InChI=1S/C23H25N5O3S/c1-16-12-20(17(2)27(16)9-11-30-3)21(29)15-32-23-26-25-22(18-6-4-8-24-13-18)28(23)14-19-7-5-10-31-19/h4-8,10,12-13H,9,11,14-15H2,1-3H3. The normalized spacial score (nSPS) is 11.2. The highest BCUT2D eigenvalue weighted by Gasteiger charge is 2.20. The molecule has 4 rings (SSSR count). The van der Waals surface area contributed by atoms with Crippen LogP contribution in [0.5, 0.6) is 0 Å². The lowest BCUT2D eigenvalue weighted by molar-refractivity contribution is 0.102. The van der Waals surface area contributed by atoms with Gasteiger partial charge in [0.05, 0.1) is 25.2 Å². The first-order valence-electron chi connectivity index (χ1n) is 10.3. The van der Waals surface area contributed by atoms with Crippen molar-refractivity contribution >= 4 is 17.5 Å². The number of nitrogens with zero attached hydrogens (tertiary/aromatic N) is 5. The van der Waals surface area contributed by atoms with Gasteiger partial charge in [-0.25, -0.2) is 0 Å². The van der Waals surface area contributed by atoms with Crippen LogP contribution in [0.15, 0.2) is 58.6 Å². The van der Waals surface area contributed by atoms with E-state index >= 15 is 0 Å². The van der Waals surface area contributed by atoms with Gasteiger partial charge in [-0.3, -0.25) is 14.3 Å². The number of thioether (sulfide) groups is 1. The van der Waals surface area contributed by atoms with E-state index in [0.29, 0.717) is 24.1 Å². The van der Waals surface area contributed by atoms with Gasteiger partial charge >= 0.3 is 0 Å². The molecule has 0 saturated carbocycles. The van der Waals surface area contributed by atoms with Crippen LogP contribution in [0.4, 0.5) is 0 Å². The summed E-state index contributed by atoms with van der Waals surface area (Å²) in [4.78, 5) is 17.2. The number of methoxy groups -OCH3 is 1. The molecule has 0 spiro atoms. The SMILES string of the molecule is COCCn1c(C)cc(C(=O)CSc2nnc(-c3cccnc3)n2Cc2ccco2)c1C. The zero-order chi connectivity index (χ0) is 22.5. The summed E-state index contributed by atoms with van der Waals surface area (Å²) in [6.45, 7) is 5.77. The van der Waals surface area contributed by atoms with E-state index in [9.17, 15) is 4.79 Å². The second kappa shape index (κ2) is 9.97. The zero-order valence-electron chi connectivity index (χ0n) is 18.3. The van der Waals surface area contributed by atoms with Gasteiger partial charge in [-0.1, -0.05) is 11.8 Å². The second-order valence-corrected chi connectivity index (χ2v) is 8.30. The molecule has 0 saturated heterocycles. The van der Waals surface area contributed by atoms with Crippen molar-refractivity contribution in [2.45, 2.75) is 32.1 Å². The molecule has 4 heterocycles. The lowest BCUT2D eigenvalue weighted by Crippen LogP contribution is -2.10. The molecule has 0 unspecified atom stereocenters. The van der Waals surface area contributed by atoms with Crippen LogP contribution in [0.2, 0.25) is 0 Å². The lowest BCUT2D eigenvalue weighted by Gasteiger charge is -2.09. The fourth-order valence-corrected chi connectivity index (χ4v) is 4.44. The largest absolute Gasteiger partial charge is 0.467 e. The predicted octanol–water partition coefficient (Wildman–Crippen LogP) is 4.02. The molecule has 0 aliphatic rings. The Morgan fingerprint density at radius 3 is 2.78 bits per heavy atom. The number of hydrogen-bond acceptors (Lipinski definition) is 7. The van der Waals surface area contributed by atoms with Gasteiger partial charge in [0.2, 0.25) is 0 Å². The molecule has 0 N–H and O–H groups in total. The number of carbonyl (C=O) groups excluding carboxylic acids is 1. The number of aromatic nitrogens is 5. The number of ketones is 1. The van der Waals surface area contributed by atoms with E-state index in [1.54, 1.807) is 25.8 Å². The summed E-state index contributed by atoms with van der Waals surface area (Å²) in [7, 11) is 1.68. The highest BCUT2D eigenvalue weighted by Crippen LogP contribution is 2.26. The number of aryl methyl sites for hydroxylation is 1. The molecule has 4 aromatic heterocycles. The Bertz CT molecular complexity index is 1180. The molecule has 9 heteroatoms. The highest BCUT2D eigenvalue weighted by atomic mass is 32.2. The van der Waals surface area contributed by atoms with Gasteiger partial charge in [0.15, 0.2) is 16.8 Å². The summed E-state index contributed by atoms with van der Waals surface area (Å²) >= 11 is 1.37. The summed E-state index contributed by atoms with van der Waals surface area (Å²) in [6.07, 6.45) is 5.10. The van der Waals surface area contributed by atoms with Gasteiger partial charge in [0.25, 0.3) is 0 Å². The third kappa shape index (κ3) is 4.68. The Hall–Kier alpha value is -3.17. The first kappa shape index (κ1) is 22.0. The third-order valence-corrected chi connectivity index (χ3v) is 6.22. The smallest absolute Gasteiger partial charge is 0.192 e. The second-order valence-electron chi connectivity index (χ2n) is 7.35. The van der Waals surface area contributed by atoms with Gasteiger partial charge in [0.1, 0.15) is 5.76 Å². The number of Topliss-reactive ketones (excluding diaryl/α,β-unsaturated/α-hetero) is 1. The van der Waals surface area contributed by atoms with Crippen molar-refractivity contribution in [3.05, 3.63) is 71.7 Å².